The summed E-state index contributed by atoms with van der Waals surface area (Å²) in [5.74, 6) is -2.01. The van der Waals surface area contributed by atoms with Gasteiger partial charge in [-0.15, -0.1) is 0 Å². The summed E-state index contributed by atoms with van der Waals surface area (Å²) in [6, 6.07) is 14.9. The van der Waals surface area contributed by atoms with E-state index in [9.17, 15) is 14.4 Å². The summed E-state index contributed by atoms with van der Waals surface area (Å²) in [4.78, 5) is 37.3. The van der Waals surface area contributed by atoms with Crippen LogP contribution in [0.2, 0.25) is 10.0 Å². The number of halogens is 2. The van der Waals surface area contributed by atoms with Crippen LogP contribution in [0.4, 0.5) is 0 Å². The molecule has 2 aromatic rings. The molecule has 1 unspecified atom stereocenters. The molecule has 0 aliphatic carbocycles. The molecule has 2 atom stereocenters. The minimum atomic E-state index is -0.907. The summed E-state index contributed by atoms with van der Waals surface area (Å²) >= 11 is 12.1. The highest BCUT2D eigenvalue weighted by Gasteiger charge is 2.25. The fourth-order valence-electron chi connectivity index (χ4n) is 2.82. The van der Waals surface area contributed by atoms with Gasteiger partial charge in [-0.2, -0.15) is 5.26 Å². The first-order valence-electron chi connectivity index (χ1n) is 9.51. The molecule has 0 saturated heterocycles. The number of nitriles is 1. The Morgan fingerprint density at radius 2 is 1.65 bits per heavy atom. The number of rotatable bonds is 9. The Morgan fingerprint density at radius 3 is 2.26 bits per heavy atom. The zero-order valence-corrected chi connectivity index (χ0v) is 18.3. The number of amides is 3. The number of nitrogens with one attached hydrogen (secondary N) is 3. The number of nitrogens with zero attached hydrogens (tertiary/aromatic N) is 1. The third kappa shape index (κ3) is 7.93. The van der Waals surface area contributed by atoms with Gasteiger partial charge >= 0.3 is 0 Å². The van der Waals surface area contributed by atoms with Gasteiger partial charge in [-0.05, 0) is 36.2 Å². The number of hydrogen-bond donors (Lipinski definition) is 3. The number of carbonyl (C=O) groups excluding carboxylic acids is 3. The predicted octanol–water partition coefficient (Wildman–Crippen LogP) is 2.58. The number of hydrogen-bond acceptors (Lipinski definition) is 4. The van der Waals surface area contributed by atoms with Crippen molar-refractivity contribution in [1.82, 2.24) is 16.0 Å². The van der Waals surface area contributed by atoms with Gasteiger partial charge < -0.3 is 16.0 Å². The molecule has 3 amide bonds. The van der Waals surface area contributed by atoms with Gasteiger partial charge in [0.05, 0.1) is 18.5 Å². The summed E-state index contributed by atoms with van der Waals surface area (Å²) < 4.78 is 0. The highest BCUT2D eigenvalue weighted by atomic mass is 35.5. The number of benzene rings is 2. The van der Waals surface area contributed by atoms with E-state index in [1.807, 2.05) is 30.3 Å². The zero-order valence-electron chi connectivity index (χ0n) is 16.8. The van der Waals surface area contributed by atoms with E-state index >= 15 is 0 Å². The molecule has 0 aliphatic rings. The Balaban J connectivity index is 2.11. The Hall–Kier alpha value is -3.08. The van der Waals surface area contributed by atoms with E-state index in [0.29, 0.717) is 15.6 Å². The molecule has 0 radical (unpaired) electrons. The van der Waals surface area contributed by atoms with Gasteiger partial charge in [0, 0.05) is 16.5 Å². The van der Waals surface area contributed by atoms with Crippen molar-refractivity contribution in [1.29, 1.82) is 5.26 Å². The topological polar surface area (TPSA) is 111 Å². The van der Waals surface area contributed by atoms with Crippen LogP contribution in [0.5, 0.6) is 0 Å². The molecule has 0 heterocycles. The van der Waals surface area contributed by atoms with Crippen molar-refractivity contribution in [3.63, 3.8) is 0 Å². The second-order valence-corrected chi connectivity index (χ2v) is 7.70. The standard InChI is InChI=1S/C22H22Cl2N4O3/c1-14(16-10-17(23)12-18(24)11-16)21(30)28-19(9-15-5-3-2-4-6-15)22(31)27-13-20(29)26-8-7-25/h2-6,10-12,14,19H,8-9,13H2,1H3,(H,26,29)(H,27,31)(H,28,30)/t14?,19-/m0/s1. The van der Waals surface area contributed by atoms with Gasteiger partial charge in [0.15, 0.2) is 0 Å². The second kappa shape index (κ2) is 11.9. The van der Waals surface area contributed by atoms with E-state index in [4.69, 9.17) is 28.5 Å². The molecule has 0 aliphatic heterocycles. The molecule has 2 rings (SSSR count). The summed E-state index contributed by atoms with van der Waals surface area (Å²) in [5, 5.41) is 16.9. The lowest BCUT2D eigenvalue weighted by atomic mass is 9.98. The zero-order chi connectivity index (χ0) is 22.8. The molecule has 7 nitrogen and oxygen atoms in total. The highest BCUT2D eigenvalue weighted by molar-refractivity contribution is 6.34. The summed E-state index contributed by atoms with van der Waals surface area (Å²) in [5.41, 5.74) is 1.46. The third-order valence-electron chi connectivity index (χ3n) is 4.48. The fraction of sp³-hybridized carbons (Fsp3) is 0.273. The van der Waals surface area contributed by atoms with E-state index in [0.717, 1.165) is 5.56 Å². The van der Waals surface area contributed by atoms with Crippen LogP contribution >= 0.6 is 23.2 Å². The Kier molecular flexibility index (Phi) is 9.32. The molecule has 9 heteroatoms. The van der Waals surface area contributed by atoms with Crippen molar-refractivity contribution < 1.29 is 14.4 Å². The van der Waals surface area contributed by atoms with E-state index in [2.05, 4.69) is 16.0 Å². The van der Waals surface area contributed by atoms with E-state index in [1.54, 1.807) is 31.2 Å². The average Bonchev–Trinajstić information content (AvgIpc) is 2.74. The SMILES string of the molecule is CC(C(=O)N[C@@H](Cc1ccccc1)C(=O)NCC(=O)NCC#N)c1cc(Cl)cc(Cl)c1. The van der Waals surface area contributed by atoms with Gasteiger partial charge in [-0.1, -0.05) is 53.5 Å². The van der Waals surface area contributed by atoms with Gasteiger partial charge in [0.25, 0.3) is 0 Å². The first-order valence-corrected chi connectivity index (χ1v) is 10.3. The van der Waals surface area contributed by atoms with Crippen LogP contribution in [0.15, 0.2) is 48.5 Å². The van der Waals surface area contributed by atoms with Crippen molar-refractivity contribution in [3.05, 3.63) is 69.7 Å². The molecule has 0 bridgehead atoms. The van der Waals surface area contributed by atoms with E-state index < -0.39 is 23.8 Å². The Labute approximate surface area is 190 Å². The van der Waals surface area contributed by atoms with Crippen LogP contribution in [-0.2, 0) is 20.8 Å². The minimum absolute atomic E-state index is 0.154. The van der Waals surface area contributed by atoms with Gasteiger partial charge in [0.2, 0.25) is 17.7 Å². The van der Waals surface area contributed by atoms with Crippen LogP contribution in [0.3, 0.4) is 0 Å². The lowest BCUT2D eigenvalue weighted by molar-refractivity contribution is -0.130. The van der Waals surface area contributed by atoms with Crippen LogP contribution in [0.25, 0.3) is 0 Å². The van der Waals surface area contributed by atoms with E-state index in [-0.39, 0.29) is 25.4 Å². The summed E-state index contributed by atoms with van der Waals surface area (Å²) in [6.07, 6.45) is 0.237. The van der Waals surface area contributed by atoms with Crippen LogP contribution < -0.4 is 16.0 Å². The first-order chi connectivity index (χ1) is 14.8. The maximum absolute atomic E-state index is 12.9. The van der Waals surface area contributed by atoms with Gasteiger partial charge in [0.1, 0.15) is 12.6 Å². The fourth-order valence-corrected chi connectivity index (χ4v) is 3.37. The third-order valence-corrected chi connectivity index (χ3v) is 4.92. The lowest BCUT2D eigenvalue weighted by Crippen LogP contribution is -2.50. The average molecular weight is 461 g/mol. The highest BCUT2D eigenvalue weighted by Crippen LogP contribution is 2.25. The van der Waals surface area contributed by atoms with Crippen molar-refractivity contribution in [2.75, 3.05) is 13.1 Å². The minimum Gasteiger partial charge on any atom is -0.345 e. The molecule has 0 fully saturated rings. The van der Waals surface area contributed by atoms with Crippen LogP contribution in [0, 0.1) is 11.3 Å². The monoisotopic (exact) mass is 460 g/mol. The molecule has 162 valence electrons. The molecule has 0 aromatic heterocycles. The lowest BCUT2D eigenvalue weighted by Gasteiger charge is -2.21. The quantitative estimate of drug-likeness (QED) is 0.499. The molecule has 2 aromatic carbocycles. The summed E-state index contributed by atoms with van der Waals surface area (Å²) in [7, 11) is 0. The molecule has 0 saturated carbocycles. The Morgan fingerprint density at radius 1 is 1.00 bits per heavy atom. The van der Waals surface area contributed by atoms with Crippen molar-refractivity contribution in [2.45, 2.75) is 25.3 Å². The molecule has 31 heavy (non-hydrogen) atoms. The van der Waals surface area contributed by atoms with E-state index in [1.165, 1.54) is 0 Å². The smallest absolute Gasteiger partial charge is 0.243 e. The van der Waals surface area contributed by atoms with Gasteiger partial charge in [-0.3, -0.25) is 14.4 Å². The van der Waals surface area contributed by atoms with Crippen LogP contribution in [-0.4, -0.2) is 36.9 Å². The van der Waals surface area contributed by atoms with Gasteiger partial charge in [-0.25, -0.2) is 0 Å². The molecular weight excluding hydrogens is 439 g/mol. The van der Waals surface area contributed by atoms with Crippen LogP contribution in [0.1, 0.15) is 24.0 Å². The molecule has 3 N–H and O–H groups in total. The van der Waals surface area contributed by atoms with Crippen molar-refractivity contribution >= 4 is 40.9 Å². The normalized spacial score (nSPS) is 12.2. The summed E-state index contributed by atoms with van der Waals surface area (Å²) in [6.45, 7) is 1.23. The van der Waals surface area contributed by atoms with Crippen molar-refractivity contribution in [2.24, 2.45) is 0 Å². The van der Waals surface area contributed by atoms with Crippen molar-refractivity contribution in [3.8, 4) is 6.07 Å². The predicted molar refractivity (Wildman–Crippen MR) is 119 cm³/mol. The molecular formula is C22H22Cl2N4O3. The maximum atomic E-state index is 12.9. The maximum Gasteiger partial charge on any atom is 0.243 e. The second-order valence-electron chi connectivity index (χ2n) is 6.83. The first kappa shape index (κ1) is 24.2. The largest absolute Gasteiger partial charge is 0.345 e. The Bertz CT molecular complexity index is 956. The number of carbonyl (C=O) groups is 3. The molecule has 0 spiro atoms.